The van der Waals surface area contributed by atoms with Crippen molar-refractivity contribution >= 4 is 50.6 Å². The molecule has 0 spiro atoms. The third-order valence-corrected chi connectivity index (χ3v) is 9.58. The molecule has 1 atom stereocenters. The molecule has 0 saturated carbocycles. The molecule has 1 aromatic carbocycles. The van der Waals surface area contributed by atoms with Gasteiger partial charge in [-0.05, 0) is 36.1 Å². The van der Waals surface area contributed by atoms with Crippen molar-refractivity contribution in [1.82, 2.24) is 9.62 Å². The molecule has 1 saturated heterocycles. The summed E-state index contributed by atoms with van der Waals surface area (Å²) in [6.45, 7) is 3.02. The molecule has 35 heavy (non-hydrogen) atoms. The molecule has 2 aliphatic rings. The number of allylic oxidation sites excluding steroid dienone is 1. The molecule has 1 aromatic heterocycles. The standard InChI is InChI=1S/C23H24N4O5S3/c1-15-4-5-16(35(30,31)27-6-8-32-9-7-27)11-19(15)25-22(29)14-34-23-18(13-24)17(12-21(28)26-23)20-3-2-10-33-20/h2-5,10-11,17H,6-9,12,14H2,1H3,(H,25,29)(H,26,28)/t17-/m0/s1. The van der Waals surface area contributed by atoms with Gasteiger partial charge < -0.3 is 15.4 Å². The highest BCUT2D eigenvalue weighted by Crippen LogP contribution is 2.37. The highest BCUT2D eigenvalue weighted by molar-refractivity contribution is 8.03. The van der Waals surface area contributed by atoms with E-state index in [1.807, 2.05) is 17.5 Å². The van der Waals surface area contributed by atoms with Crippen molar-refractivity contribution in [2.24, 2.45) is 0 Å². The summed E-state index contributed by atoms with van der Waals surface area (Å²) in [7, 11) is -3.70. The first-order valence-electron chi connectivity index (χ1n) is 10.9. The second kappa shape index (κ2) is 10.9. The van der Waals surface area contributed by atoms with Crippen LogP contribution < -0.4 is 10.6 Å². The van der Waals surface area contributed by atoms with E-state index in [-0.39, 0.29) is 47.9 Å². The maximum absolute atomic E-state index is 13.0. The van der Waals surface area contributed by atoms with Crippen LogP contribution in [0.4, 0.5) is 5.69 Å². The molecular formula is C23H24N4O5S3. The predicted molar refractivity (Wildman–Crippen MR) is 134 cm³/mol. The number of hydrogen-bond donors (Lipinski definition) is 2. The Morgan fingerprint density at radius 3 is 2.80 bits per heavy atom. The van der Waals surface area contributed by atoms with Crippen molar-refractivity contribution in [3.05, 3.63) is 56.8 Å². The maximum atomic E-state index is 13.0. The molecule has 2 aromatic rings. The van der Waals surface area contributed by atoms with Crippen LogP contribution in [0.5, 0.6) is 0 Å². The molecule has 3 heterocycles. The van der Waals surface area contributed by atoms with E-state index in [4.69, 9.17) is 4.74 Å². The van der Waals surface area contributed by atoms with Crippen LogP contribution in [0.25, 0.3) is 0 Å². The van der Waals surface area contributed by atoms with Crippen molar-refractivity contribution in [2.75, 3.05) is 37.4 Å². The SMILES string of the molecule is Cc1ccc(S(=O)(=O)N2CCOCC2)cc1NC(=O)CSC1=C(C#N)[C@@H](c2cccs2)CC(=O)N1. The van der Waals surface area contributed by atoms with Crippen LogP contribution in [0.15, 0.2) is 51.2 Å². The predicted octanol–water partition coefficient (Wildman–Crippen LogP) is 2.79. The van der Waals surface area contributed by atoms with Gasteiger partial charge in [0, 0.05) is 36.0 Å². The number of hydrogen-bond acceptors (Lipinski definition) is 8. The first-order chi connectivity index (χ1) is 16.8. The fourth-order valence-corrected chi connectivity index (χ4v) is 6.97. The largest absolute Gasteiger partial charge is 0.379 e. The highest BCUT2D eigenvalue weighted by Gasteiger charge is 2.31. The van der Waals surface area contributed by atoms with Crippen molar-refractivity contribution in [2.45, 2.75) is 24.2 Å². The smallest absolute Gasteiger partial charge is 0.243 e. The van der Waals surface area contributed by atoms with E-state index in [1.165, 1.54) is 27.8 Å². The number of thioether (sulfide) groups is 1. The van der Waals surface area contributed by atoms with Crippen LogP contribution in [-0.2, 0) is 24.3 Å². The number of anilines is 1. The first kappa shape index (κ1) is 25.4. The van der Waals surface area contributed by atoms with E-state index in [0.29, 0.717) is 35.1 Å². The Labute approximate surface area is 212 Å². The van der Waals surface area contributed by atoms with Crippen LogP contribution in [0, 0.1) is 18.3 Å². The number of nitriles is 1. The zero-order valence-electron chi connectivity index (χ0n) is 18.9. The van der Waals surface area contributed by atoms with Gasteiger partial charge in [0.1, 0.15) is 0 Å². The molecule has 0 bridgehead atoms. The van der Waals surface area contributed by atoms with Crippen molar-refractivity contribution in [3.8, 4) is 6.07 Å². The van der Waals surface area contributed by atoms with E-state index in [0.717, 1.165) is 16.6 Å². The Balaban J connectivity index is 1.47. The quantitative estimate of drug-likeness (QED) is 0.561. The molecule has 184 valence electrons. The van der Waals surface area contributed by atoms with Gasteiger partial charge in [0.2, 0.25) is 21.8 Å². The van der Waals surface area contributed by atoms with Crippen LogP contribution in [0.1, 0.15) is 22.8 Å². The molecule has 0 radical (unpaired) electrons. The number of thiophene rings is 1. The number of aryl methyl sites for hydroxylation is 1. The minimum Gasteiger partial charge on any atom is -0.379 e. The van der Waals surface area contributed by atoms with E-state index in [9.17, 15) is 23.3 Å². The molecule has 12 heteroatoms. The fourth-order valence-electron chi connectivity index (χ4n) is 3.82. The molecule has 4 rings (SSSR count). The summed E-state index contributed by atoms with van der Waals surface area (Å²) in [5.41, 5.74) is 1.54. The Kier molecular flexibility index (Phi) is 7.93. The number of benzene rings is 1. The van der Waals surface area contributed by atoms with Crippen molar-refractivity contribution in [3.63, 3.8) is 0 Å². The summed E-state index contributed by atoms with van der Waals surface area (Å²) in [5, 5.41) is 17.5. The molecule has 1 fully saturated rings. The second-order valence-corrected chi connectivity index (χ2v) is 11.9. The topological polar surface area (TPSA) is 129 Å². The minimum atomic E-state index is -3.70. The van der Waals surface area contributed by atoms with E-state index < -0.39 is 10.0 Å². The lowest BCUT2D eigenvalue weighted by molar-refractivity contribution is -0.121. The van der Waals surface area contributed by atoms with Crippen LogP contribution in [0.3, 0.4) is 0 Å². The van der Waals surface area contributed by atoms with E-state index in [2.05, 4.69) is 16.7 Å². The maximum Gasteiger partial charge on any atom is 0.243 e. The van der Waals surface area contributed by atoms with Crippen LogP contribution >= 0.6 is 23.1 Å². The third kappa shape index (κ3) is 5.76. The summed E-state index contributed by atoms with van der Waals surface area (Å²) >= 11 is 2.56. The van der Waals surface area contributed by atoms with Gasteiger partial charge in [0.05, 0.1) is 40.5 Å². The van der Waals surface area contributed by atoms with Gasteiger partial charge in [0.15, 0.2) is 0 Å². The van der Waals surface area contributed by atoms with Gasteiger partial charge in [-0.2, -0.15) is 9.57 Å². The first-order valence-corrected chi connectivity index (χ1v) is 14.2. The number of amides is 2. The lowest BCUT2D eigenvalue weighted by atomic mass is 9.93. The van der Waals surface area contributed by atoms with Crippen molar-refractivity contribution in [1.29, 1.82) is 5.26 Å². The number of nitrogens with zero attached hydrogens (tertiary/aromatic N) is 2. The molecule has 0 unspecified atom stereocenters. The van der Waals surface area contributed by atoms with E-state index >= 15 is 0 Å². The average Bonchev–Trinajstić information content (AvgIpc) is 3.39. The van der Waals surface area contributed by atoms with Gasteiger partial charge in [-0.1, -0.05) is 23.9 Å². The number of carbonyl (C=O) groups is 2. The van der Waals surface area contributed by atoms with Crippen LogP contribution in [-0.4, -0.2) is 56.6 Å². The summed E-state index contributed by atoms with van der Waals surface area (Å²) in [6.07, 6.45) is 0.184. The van der Waals surface area contributed by atoms with Gasteiger partial charge in [0.25, 0.3) is 0 Å². The van der Waals surface area contributed by atoms with Gasteiger partial charge >= 0.3 is 0 Å². The monoisotopic (exact) mass is 532 g/mol. The molecular weight excluding hydrogens is 508 g/mol. The molecule has 2 aliphatic heterocycles. The molecule has 9 nitrogen and oxygen atoms in total. The number of nitrogens with one attached hydrogen (secondary N) is 2. The number of carbonyl (C=O) groups excluding carboxylic acids is 2. The lowest BCUT2D eigenvalue weighted by Crippen LogP contribution is -2.40. The highest BCUT2D eigenvalue weighted by atomic mass is 32.2. The molecule has 0 aliphatic carbocycles. The van der Waals surface area contributed by atoms with Gasteiger partial charge in [-0.15, -0.1) is 11.3 Å². The van der Waals surface area contributed by atoms with Gasteiger partial charge in [-0.25, -0.2) is 8.42 Å². The number of morpholine rings is 1. The Morgan fingerprint density at radius 1 is 1.34 bits per heavy atom. The minimum absolute atomic E-state index is 0.0577. The summed E-state index contributed by atoms with van der Waals surface area (Å²) in [6, 6.07) is 10.6. The molecule has 2 N–H and O–H groups in total. The summed E-state index contributed by atoms with van der Waals surface area (Å²) in [5.74, 6) is -0.972. The van der Waals surface area contributed by atoms with Crippen LogP contribution in [0.2, 0.25) is 0 Å². The Morgan fingerprint density at radius 2 is 2.11 bits per heavy atom. The Hall–Kier alpha value is -2.69. The Bertz CT molecular complexity index is 1290. The summed E-state index contributed by atoms with van der Waals surface area (Å²) < 4.78 is 32.6. The normalized spacial score (nSPS) is 19.2. The lowest BCUT2D eigenvalue weighted by Gasteiger charge is -2.26. The summed E-state index contributed by atoms with van der Waals surface area (Å²) in [4.78, 5) is 26.0. The zero-order valence-corrected chi connectivity index (χ0v) is 21.4. The number of ether oxygens (including phenoxy) is 1. The van der Waals surface area contributed by atoms with Crippen molar-refractivity contribution < 1.29 is 22.7 Å². The average molecular weight is 533 g/mol. The zero-order chi connectivity index (χ0) is 25.0. The molecule has 2 amide bonds. The fraction of sp³-hybridized carbons (Fsp3) is 0.348. The number of sulfonamides is 1. The van der Waals surface area contributed by atoms with E-state index in [1.54, 1.807) is 13.0 Å². The third-order valence-electron chi connectivity index (χ3n) is 5.68. The van der Waals surface area contributed by atoms with Gasteiger partial charge in [-0.3, -0.25) is 9.59 Å². The number of rotatable bonds is 7. The second-order valence-electron chi connectivity index (χ2n) is 8.00.